The van der Waals surface area contributed by atoms with Gasteiger partial charge in [-0.05, 0) is 17.6 Å². The fourth-order valence-corrected chi connectivity index (χ4v) is 5.22. The standard InChI is InChI=1S/C15H19F3N8O7S2/c1-7-2-11(21-33-7)22-35(30,31)23-14(29)25-4-9(12(25)28)26-8(3-10(19)27)5-34(13(26)20)24-32-6-15(16,17)18/h2,5,9,13H,3-4,6,20H2,1H3,(H2,19,27)(H,21,22)(H,23,29). The minimum atomic E-state index is -4.64. The Hall–Kier alpha value is -3.23. The Morgan fingerprint density at radius 2 is 2.11 bits per heavy atom. The molecule has 15 nitrogen and oxygen atoms in total. The molecule has 3 unspecified atom stereocenters. The Morgan fingerprint density at radius 3 is 2.66 bits per heavy atom. The first-order valence-electron chi connectivity index (χ1n) is 9.41. The van der Waals surface area contributed by atoms with Gasteiger partial charge in [-0.3, -0.25) is 14.5 Å². The summed E-state index contributed by atoms with van der Waals surface area (Å²) < 4.78 is 72.8. The van der Waals surface area contributed by atoms with Crippen LogP contribution in [0.25, 0.3) is 0 Å². The van der Waals surface area contributed by atoms with Gasteiger partial charge in [0.1, 0.15) is 17.3 Å². The van der Waals surface area contributed by atoms with Crippen molar-refractivity contribution in [2.75, 3.05) is 17.9 Å². The third kappa shape index (κ3) is 6.46. The average molecular weight is 544 g/mol. The van der Waals surface area contributed by atoms with E-state index in [2.05, 4.69) is 14.5 Å². The van der Waals surface area contributed by atoms with E-state index in [1.54, 1.807) is 4.72 Å². The Bertz CT molecular complexity index is 1200. The SMILES string of the molecule is Cc1cc(NS(=O)(=O)NC(=O)N2CC(N3C(CC(N)=O)=C/S(=N/OCC(F)(F)F)C3N)C2=O)no1. The van der Waals surface area contributed by atoms with Crippen LogP contribution in [0.4, 0.5) is 23.8 Å². The number of primary amides is 1. The summed E-state index contributed by atoms with van der Waals surface area (Å²) in [5.74, 6) is -1.62. The monoisotopic (exact) mass is 544 g/mol. The van der Waals surface area contributed by atoms with E-state index in [0.717, 1.165) is 0 Å². The van der Waals surface area contributed by atoms with E-state index in [9.17, 15) is 36.0 Å². The van der Waals surface area contributed by atoms with Crippen LogP contribution < -0.4 is 20.9 Å². The second-order valence-electron chi connectivity index (χ2n) is 7.16. The first-order chi connectivity index (χ1) is 16.2. The van der Waals surface area contributed by atoms with Crippen LogP contribution in [-0.4, -0.2) is 72.1 Å². The molecule has 35 heavy (non-hydrogen) atoms. The number of nitrogens with two attached hydrogens (primary N) is 2. The summed E-state index contributed by atoms with van der Waals surface area (Å²) in [6.45, 7) is -0.518. The molecule has 1 aromatic heterocycles. The molecule has 0 spiro atoms. The third-order valence-corrected chi connectivity index (χ3v) is 6.84. The van der Waals surface area contributed by atoms with E-state index in [1.165, 1.54) is 23.3 Å². The van der Waals surface area contributed by atoms with Gasteiger partial charge >= 0.3 is 22.4 Å². The molecule has 0 aliphatic carbocycles. The molecule has 1 aromatic rings. The zero-order valence-corrected chi connectivity index (χ0v) is 19.3. The molecule has 1 saturated heterocycles. The number of aromatic nitrogens is 1. The lowest BCUT2D eigenvalue weighted by atomic mass is 10.1. The highest BCUT2D eigenvalue weighted by molar-refractivity contribution is 7.91. The van der Waals surface area contributed by atoms with Crippen LogP contribution in [-0.2, 0) is 35.3 Å². The molecule has 0 radical (unpaired) electrons. The lowest BCUT2D eigenvalue weighted by Crippen LogP contribution is -2.69. The summed E-state index contributed by atoms with van der Waals surface area (Å²) in [7, 11) is -5.97. The summed E-state index contributed by atoms with van der Waals surface area (Å²) in [6.07, 6.45) is -5.06. The van der Waals surface area contributed by atoms with Gasteiger partial charge in [-0.2, -0.15) is 21.6 Å². The number of β-lactam (4-membered cyclic amide) rings is 1. The van der Waals surface area contributed by atoms with Gasteiger partial charge in [0.2, 0.25) is 5.91 Å². The number of alkyl halides is 3. The summed E-state index contributed by atoms with van der Waals surface area (Å²) in [4.78, 5) is 42.4. The van der Waals surface area contributed by atoms with Gasteiger partial charge in [0, 0.05) is 17.2 Å². The number of rotatable bonds is 8. The minimum Gasteiger partial charge on any atom is -0.369 e. The number of hydrogen-bond donors (Lipinski definition) is 4. The molecule has 6 N–H and O–H groups in total. The van der Waals surface area contributed by atoms with Crippen molar-refractivity contribution >= 4 is 44.6 Å². The Morgan fingerprint density at radius 1 is 1.43 bits per heavy atom. The van der Waals surface area contributed by atoms with E-state index in [1.807, 2.05) is 4.72 Å². The number of hydrogen-bond acceptors (Lipinski definition) is 11. The van der Waals surface area contributed by atoms with Gasteiger partial charge in [0.15, 0.2) is 12.4 Å². The molecule has 0 bridgehead atoms. The number of anilines is 1. The van der Waals surface area contributed by atoms with Crippen molar-refractivity contribution in [2.45, 2.75) is 31.1 Å². The molecular formula is C15H19F3N8O7S2. The molecule has 0 aromatic carbocycles. The topological polar surface area (TPSA) is 216 Å². The number of likely N-dealkylation sites (tertiary alicyclic amines) is 1. The Kier molecular flexibility index (Phi) is 7.38. The number of nitrogens with one attached hydrogen (secondary N) is 2. The summed E-state index contributed by atoms with van der Waals surface area (Å²) in [5.41, 5.74) is 10.1. The van der Waals surface area contributed by atoms with Crippen molar-refractivity contribution in [3.05, 3.63) is 22.9 Å². The zero-order chi connectivity index (χ0) is 26.1. The molecular weight excluding hydrogens is 525 g/mol. The number of carbonyl (C=O) groups excluding carboxylic acids is 3. The lowest BCUT2D eigenvalue weighted by molar-refractivity contribution is -0.173. The number of carbonyl (C=O) groups is 3. The predicted molar refractivity (Wildman–Crippen MR) is 111 cm³/mol. The van der Waals surface area contributed by atoms with Crippen molar-refractivity contribution in [2.24, 2.45) is 16.0 Å². The minimum absolute atomic E-state index is 0.0989. The molecule has 4 amide bonds. The first-order valence-corrected chi connectivity index (χ1v) is 12.2. The highest BCUT2D eigenvalue weighted by atomic mass is 32.2. The number of urea groups is 1. The fourth-order valence-electron chi connectivity index (χ4n) is 3.01. The zero-order valence-electron chi connectivity index (χ0n) is 17.7. The van der Waals surface area contributed by atoms with Gasteiger partial charge in [-0.15, -0.1) is 4.53 Å². The van der Waals surface area contributed by atoms with Crippen molar-refractivity contribution in [3.8, 4) is 0 Å². The van der Waals surface area contributed by atoms with Crippen LogP contribution in [0.3, 0.4) is 0 Å². The number of amides is 4. The van der Waals surface area contributed by atoms with E-state index >= 15 is 0 Å². The van der Waals surface area contributed by atoms with Crippen molar-refractivity contribution in [1.82, 2.24) is 19.7 Å². The van der Waals surface area contributed by atoms with Crippen molar-refractivity contribution < 1.29 is 45.3 Å². The highest BCUT2D eigenvalue weighted by Crippen LogP contribution is 2.31. The molecule has 0 saturated carbocycles. The Labute approximate surface area is 197 Å². The number of imide groups is 1. The molecule has 2 aliphatic rings. The first kappa shape index (κ1) is 26.4. The quantitative estimate of drug-likeness (QED) is 0.234. The van der Waals surface area contributed by atoms with Crippen LogP contribution in [0.2, 0.25) is 0 Å². The van der Waals surface area contributed by atoms with Gasteiger partial charge in [0.25, 0.3) is 5.91 Å². The van der Waals surface area contributed by atoms with Gasteiger partial charge in [0.05, 0.1) is 13.0 Å². The normalized spacial score (nSPS) is 22.7. The van der Waals surface area contributed by atoms with Crippen LogP contribution in [0, 0.1) is 6.92 Å². The van der Waals surface area contributed by atoms with Crippen molar-refractivity contribution in [1.29, 1.82) is 0 Å². The van der Waals surface area contributed by atoms with Crippen LogP contribution >= 0.6 is 0 Å². The number of nitrogens with zero attached hydrogens (tertiary/aromatic N) is 4. The molecule has 2 aliphatic heterocycles. The maximum Gasteiger partial charge on any atom is 0.414 e. The maximum absolute atomic E-state index is 12.6. The lowest BCUT2D eigenvalue weighted by Gasteiger charge is -2.44. The molecule has 20 heteroatoms. The number of halogens is 3. The Balaban J connectivity index is 1.67. The molecule has 3 heterocycles. The fraction of sp³-hybridized carbons (Fsp3) is 0.467. The highest BCUT2D eigenvalue weighted by Gasteiger charge is 2.49. The summed E-state index contributed by atoms with van der Waals surface area (Å²) >= 11 is 0. The smallest absolute Gasteiger partial charge is 0.369 e. The molecule has 1 fully saturated rings. The second kappa shape index (κ2) is 9.79. The van der Waals surface area contributed by atoms with Gasteiger partial charge < -0.3 is 20.9 Å². The average Bonchev–Trinajstić information content (AvgIpc) is 3.22. The largest absolute Gasteiger partial charge is 0.414 e. The van der Waals surface area contributed by atoms with Crippen LogP contribution in [0.1, 0.15) is 12.2 Å². The maximum atomic E-state index is 12.6. The third-order valence-electron chi connectivity index (χ3n) is 4.41. The van der Waals surface area contributed by atoms with Crippen LogP contribution in [0.5, 0.6) is 0 Å². The second-order valence-corrected chi connectivity index (χ2v) is 10.1. The van der Waals surface area contributed by atoms with Gasteiger partial charge in [-0.25, -0.2) is 19.1 Å². The molecule has 194 valence electrons. The predicted octanol–water partition coefficient (Wildman–Crippen LogP) is -0.869. The van der Waals surface area contributed by atoms with Crippen molar-refractivity contribution in [3.63, 3.8) is 0 Å². The summed E-state index contributed by atoms with van der Waals surface area (Å²) in [6, 6.07) is -1.17. The van der Waals surface area contributed by atoms with Gasteiger partial charge in [-0.1, -0.05) is 5.16 Å². The van der Waals surface area contributed by atoms with E-state index in [0.29, 0.717) is 10.7 Å². The molecule has 3 rings (SSSR count). The number of aryl methyl sites for hydroxylation is 1. The van der Waals surface area contributed by atoms with E-state index < -0.39 is 69.5 Å². The van der Waals surface area contributed by atoms with E-state index in [-0.39, 0.29) is 18.1 Å². The van der Waals surface area contributed by atoms with Crippen LogP contribution in [0.15, 0.2) is 26.2 Å². The van der Waals surface area contributed by atoms with E-state index in [4.69, 9.17) is 16.0 Å². The molecule has 3 atom stereocenters. The summed E-state index contributed by atoms with van der Waals surface area (Å²) in [5, 5.41) is 4.65.